The van der Waals surface area contributed by atoms with E-state index in [0.717, 1.165) is 12.1 Å². The zero-order valence-corrected chi connectivity index (χ0v) is 13.0. The number of carbonyl (C=O) groups excluding carboxylic acids is 2. The number of hydrogen-bond donors (Lipinski definition) is 1. The number of amides is 3. The van der Waals surface area contributed by atoms with Crippen LogP contribution in [0.2, 0.25) is 0 Å². The fraction of sp³-hybridized carbons (Fsp3) is 0.400. The molecule has 1 unspecified atom stereocenters. The summed E-state index contributed by atoms with van der Waals surface area (Å²) in [6.07, 6.45) is -2.56. The molecule has 0 spiro atoms. The van der Waals surface area contributed by atoms with Gasteiger partial charge in [0.1, 0.15) is 17.6 Å². The Kier molecular flexibility index (Phi) is 5.10. The number of nitrogens with zero attached hydrogens (tertiary/aromatic N) is 3. The van der Waals surface area contributed by atoms with Gasteiger partial charge in [0, 0.05) is 20.1 Å². The fourth-order valence-corrected chi connectivity index (χ4v) is 2.42. The molecule has 1 N–H and O–H groups in total. The van der Waals surface area contributed by atoms with E-state index in [0.29, 0.717) is 19.5 Å². The van der Waals surface area contributed by atoms with Crippen molar-refractivity contribution in [3.8, 4) is 0 Å². The van der Waals surface area contributed by atoms with E-state index in [1.165, 1.54) is 18.0 Å². The molecule has 1 aliphatic rings. The van der Waals surface area contributed by atoms with Crippen LogP contribution in [0.4, 0.5) is 23.8 Å². The van der Waals surface area contributed by atoms with Crippen molar-refractivity contribution >= 4 is 17.8 Å². The normalized spacial score (nSPS) is 17.8. The average Bonchev–Trinajstić information content (AvgIpc) is 2.87. The maximum atomic E-state index is 12.6. The van der Waals surface area contributed by atoms with Crippen molar-refractivity contribution in [1.82, 2.24) is 14.8 Å². The number of urea groups is 1. The van der Waals surface area contributed by atoms with Gasteiger partial charge in [0.15, 0.2) is 0 Å². The van der Waals surface area contributed by atoms with E-state index in [-0.39, 0.29) is 11.7 Å². The van der Waals surface area contributed by atoms with Gasteiger partial charge >= 0.3 is 12.2 Å². The third kappa shape index (κ3) is 3.84. The lowest BCUT2D eigenvalue weighted by atomic mass is 10.2. The summed E-state index contributed by atoms with van der Waals surface area (Å²) in [7, 11) is 1.42. The van der Waals surface area contributed by atoms with Crippen LogP contribution in [0.3, 0.4) is 0 Å². The average molecular weight is 342 g/mol. The molecule has 0 radical (unpaired) electrons. The van der Waals surface area contributed by atoms with Crippen LogP contribution >= 0.6 is 0 Å². The number of carbonyl (C=O) groups is 2. The van der Waals surface area contributed by atoms with Gasteiger partial charge in [-0.25, -0.2) is 9.78 Å². The molecule has 0 bridgehead atoms. The minimum absolute atomic E-state index is 0.218. The highest BCUT2D eigenvalue weighted by Crippen LogP contribution is 2.28. The molecule has 1 fully saturated rings. The monoisotopic (exact) mass is 342 g/mol. The molecule has 1 atom stereocenters. The van der Waals surface area contributed by atoms with Gasteiger partial charge < -0.3 is 9.80 Å². The first-order chi connectivity index (χ1) is 11.2. The van der Waals surface area contributed by atoms with Gasteiger partial charge in [-0.15, -0.1) is 6.58 Å². The number of aromatic nitrogens is 1. The predicted molar refractivity (Wildman–Crippen MR) is 81.2 cm³/mol. The van der Waals surface area contributed by atoms with Gasteiger partial charge in [0.25, 0.3) is 0 Å². The fourth-order valence-electron chi connectivity index (χ4n) is 2.42. The number of hydrogen-bond acceptors (Lipinski definition) is 3. The van der Waals surface area contributed by atoms with Crippen LogP contribution in [-0.4, -0.2) is 52.9 Å². The highest BCUT2D eigenvalue weighted by Gasteiger charge is 2.36. The van der Waals surface area contributed by atoms with Crippen molar-refractivity contribution in [2.24, 2.45) is 0 Å². The van der Waals surface area contributed by atoms with Crippen LogP contribution < -0.4 is 5.32 Å². The third-order valence-electron chi connectivity index (χ3n) is 3.68. The number of halogens is 3. The molecule has 1 aromatic rings. The van der Waals surface area contributed by atoms with Crippen LogP contribution in [0.15, 0.2) is 30.9 Å². The van der Waals surface area contributed by atoms with Gasteiger partial charge in [0.05, 0.1) is 0 Å². The van der Waals surface area contributed by atoms with Crippen LogP contribution in [0, 0.1) is 0 Å². The van der Waals surface area contributed by atoms with E-state index < -0.39 is 23.9 Å². The van der Waals surface area contributed by atoms with E-state index in [2.05, 4.69) is 16.9 Å². The maximum Gasteiger partial charge on any atom is 0.433 e. The molecule has 24 heavy (non-hydrogen) atoms. The summed E-state index contributed by atoms with van der Waals surface area (Å²) in [6.45, 7) is 4.44. The second-order valence-electron chi connectivity index (χ2n) is 5.32. The molecular formula is C15H17F3N4O2. The highest BCUT2D eigenvalue weighted by molar-refractivity contribution is 5.93. The summed E-state index contributed by atoms with van der Waals surface area (Å²) in [5, 5.41) is 2.28. The number of rotatable bonds is 4. The lowest BCUT2D eigenvalue weighted by Crippen LogP contribution is -2.44. The van der Waals surface area contributed by atoms with Crippen LogP contribution in [0.5, 0.6) is 0 Å². The third-order valence-corrected chi connectivity index (χ3v) is 3.68. The standard InChI is InChI=1S/C15H17F3N4O2/c1-3-8-22-9-7-10(13(22)23)21(2)14(24)20-12-6-4-5-11(19-12)15(16,17)18/h3-6,10H,1,7-9H2,2H3,(H,19,20,24). The number of pyridine rings is 1. The van der Waals surface area contributed by atoms with Crippen LogP contribution in [-0.2, 0) is 11.0 Å². The first kappa shape index (κ1) is 17.8. The van der Waals surface area contributed by atoms with E-state index in [1.54, 1.807) is 11.0 Å². The van der Waals surface area contributed by atoms with E-state index in [4.69, 9.17) is 0 Å². The summed E-state index contributed by atoms with van der Waals surface area (Å²) >= 11 is 0. The molecule has 0 saturated carbocycles. The lowest BCUT2D eigenvalue weighted by Gasteiger charge is -2.23. The quantitative estimate of drug-likeness (QED) is 0.854. The number of likely N-dealkylation sites (N-methyl/N-ethyl adjacent to an activating group) is 1. The summed E-state index contributed by atoms with van der Waals surface area (Å²) in [6, 6.07) is 1.86. The Morgan fingerprint density at radius 1 is 1.54 bits per heavy atom. The van der Waals surface area contributed by atoms with Crippen molar-refractivity contribution in [3.63, 3.8) is 0 Å². The number of alkyl halides is 3. The second-order valence-corrected chi connectivity index (χ2v) is 5.32. The SMILES string of the molecule is C=CCN1CCC(N(C)C(=O)Nc2cccc(C(F)(F)F)n2)C1=O. The van der Waals surface area contributed by atoms with E-state index >= 15 is 0 Å². The summed E-state index contributed by atoms with van der Waals surface area (Å²) in [5.41, 5.74) is -1.10. The van der Waals surface area contributed by atoms with Gasteiger partial charge in [-0.3, -0.25) is 10.1 Å². The van der Waals surface area contributed by atoms with Crippen LogP contribution in [0.25, 0.3) is 0 Å². The number of nitrogens with one attached hydrogen (secondary N) is 1. The molecule has 6 nitrogen and oxygen atoms in total. The smallest absolute Gasteiger partial charge is 0.337 e. The van der Waals surface area contributed by atoms with E-state index in [9.17, 15) is 22.8 Å². The maximum absolute atomic E-state index is 12.6. The second kappa shape index (κ2) is 6.90. The summed E-state index contributed by atoms with van der Waals surface area (Å²) in [5.74, 6) is -0.445. The molecule has 9 heteroatoms. The Balaban J connectivity index is 2.05. The molecule has 0 aromatic carbocycles. The summed E-state index contributed by atoms with van der Waals surface area (Å²) < 4.78 is 37.9. The molecular weight excluding hydrogens is 325 g/mol. The molecule has 2 rings (SSSR count). The van der Waals surface area contributed by atoms with Crippen LogP contribution in [0.1, 0.15) is 12.1 Å². The molecule has 0 aliphatic carbocycles. The molecule has 130 valence electrons. The van der Waals surface area contributed by atoms with Crippen molar-refractivity contribution in [2.45, 2.75) is 18.6 Å². The zero-order chi connectivity index (χ0) is 17.9. The minimum atomic E-state index is -4.60. The van der Waals surface area contributed by atoms with Gasteiger partial charge in [0.2, 0.25) is 5.91 Å². The van der Waals surface area contributed by atoms with Crippen molar-refractivity contribution in [1.29, 1.82) is 0 Å². The molecule has 3 amide bonds. The highest BCUT2D eigenvalue weighted by atomic mass is 19.4. The predicted octanol–water partition coefficient (Wildman–Crippen LogP) is 2.35. The minimum Gasteiger partial charge on any atom is -0.337 e. The Morgan fingerprint density at radius 3 is 2.88 bits per heavy atom. The molecule has 1 aromatic heterocycles. The van der Waals surface area contributed by atoms with Crippen molar-refractivity contribution in [2.75, 3.05) is 25.5 Å². The van der Waals surface area contributed by atoms with Crippen molar-refractivity contribution in [3.05, 3.63) is 36.5 Å². The first-order valence-corrected chi connectivity index (χ1v) is 7.21. The zero-order valence-electron chi connectivity index (χ0n) is 13.0. The largest absolute Gasteiger partial charge is 0.433 e. The topological polar surface area (TPSA) is 65.5 Å². The van der Waals surface area contributed by atoms with Gasteiger partial charge in [-0.05, 0) is 18.6 Å². The number of likely N-dealkylation sites (tertiary alicyclic amines) is 1. The van der Waals surface area contributed by atoms with Gasteiger partial charge in [-0.1, -0.05) is 12.1 Å². The summed E-state index contributed by atoms with van der Waals surface area (Å²) in [4.78, 5) is 30.4. The molecule has 1 saturated heterocycles. The Labute approximate surface area is 136 Å². The molecule has 1 aliphatic heterocycles. The Bertz CT molecular complexity index is 648. The Hall–Kier alpha value is -2.58. The van der Waals surface area contributed by atoms with E-state index in [1.807, 2.05) is 0 Å². The van der Waals surface area contributed by atoms with Crippen molar-refractivity contribution < 1.29 is 22.8 Å². The molecule has 2 heterocycles. The lowest BCUT2D eigenvalue weighted by molar-refractivity contribution is -0.141. The first-order valence-electron chi connectivity index (χ1n) is 7.21. The Morgan fingerprint density at radius 2 is 2.25 bits per heavy atom. The number of anilines is 1. The van der Waals surface area contributed by atoms with Gasteiger partial charge in [-0.2, -0.15) is 13.2 Å².